The van der Waals surface area contributed by atoms with Crippen molar-refractivity contribution in [3.8, 4) is 0 Å². The van der Waals surface area contributed by atoms with Crippen LogP contribution in [0.5, 0.6) is 0 Å². The van der Waals surface area contributed by atoms with Gasteiger partial charge in [0, 0.05) is 16.7 Å². The third-order valence-corrected chi connectivity index (χ3v) is 6.98. The fraction of sp³-hybridized carbons (Fsp3) is 0.625. The maximum absolute atomic E-state index is 6.10. The monoisotopic (exact) mass is 354 g/mol. The van der Waals surface area contributed by atoms with Crippen LogP contribution in [0, 0.1) is 0 Å². The lowest BCUT2D eigenvalue weighted by Crippen LogP contribution is -2.33. The second-order valence-corrected chi connectivity index (χ2v) is 8.76. The molecule has 3 rings (SSSR count). The van der Waals surface area contributed by atoms with Crippen molar-refractivity contribution in [3.05, 3.63) is 10.4 Å². The Labute approximate surface area is 144 Å². The number of fused-ring (bicyclic) bond motifs is 3. The van der Waals surface area contributed by atoms with Crippen molar-refractivity contribution < 1.29 is 4.74 Å². The molecule has 120 valence electrons. The molecule has 2 aromatic rings. The van der Waals surface area contributed by atoms with E-state index >= 15 is 0 Å². The van der Waals surface area contributed by atoms with E-state index in [1.54, 1.807) is 23.1 Å². The van der Waals surface area contributed by atoms with E-state index in [1.165, 1.54) is 15.8 Å². The van der Waals surface area contributed by atoms with E-state index in [1.807, 2.05) is 18.0 Å². The zero-order valence-corrected chi connectivity index (χ0v) is 16.0. The number of ether oxygens (including phenoxy) is 1. The van der Waals surface area contributed by atoms with Gasteiger partial charge in [0.15, 0.2) is 5.16 Å². The Kier molecular flexibility index (Phi) is 5.02. The van der Waals surface area contributed by atoms with Crippen molar-refractivity contribution in [2.24, 2.45) is 0 Å². The summed E-state index contributed by atoms with van der Waals surface area (Å²) in [6.45, 7) is 7.35. The van der Waals surface area contributed by atoms with Gasteiger partial charge in [-0.3, -0.25) is 0 Å². The molecule has 0 aliphatic carbocycles. The summed E-state index contributed by atoms with van der Waals surface area (Å²) in [5.41, 5.74) is 1.38. The number of aromatic nitrogens is 2. The van der Waals surface area contributed by atoms with Gasteiger partial charge in [-0.05, 0) is 37.3 Å². The van der Waals surface area contributed by atoms with E-state index < -0.39 is 0 Å². The lowest BCUT2D eigenvalue weighted by molar-refractivity contribution is -0.0543. The standard InChI is InChI=1S/C16H22N2OS3/c1-5-7-21-13-12-10-8-16(3,6-2)19-9-11(10)22-14(12)18-15(17-13)20-4/h5-9H2,1-4H3. The van der Waals surface area contributed by atoms with E-state index in [4.69, 9.17) is 14.7 Å². The molecule has 1 aliphatic heterocycles. The molecule has 3 nitrogen and oxygen atoms in total. The molecular formula is C16H22N2OS3. The first-order valence-electron chi connectivity index (χ1n) is 7.73. The van der Waals surface area contributed by atoms with Gasteiger partial charge in [-0.15, -0.1) is 23.1 Å². The zero-order valence-electron chi connectivity index (χ0n) is 13.6. The number of nitrogens with zero attached hydrogens (tertiary/aromatic N) is 2. The van der Waals surface area contributed by atoms with Crippen molar-refractivity contribution in [1.82, 2.24) is 9.97 Å². The normalized spacial score (nSPS) is 21.3. The number of hydrogen-bond donors (Lipinski definition) is 0. The van der Waals surface area contributed by atoms with Crippen LogP contribution in [0.1, 0.15) is 44.1 Å². The van der Waals surface area contributed by atoms with Crippen molar-refractivity contribution in [3.63, 3.8) is 0 Å². The van der Waals surface area contributed by atoms with Crippen molar-refractivity contribution in [2.45, 2.75) is 62.4 Å². The molecule has 1 atom stereocenters. The van der Waals surface area contributed by atoms with Crippen molar-refractivity contribution in [1.29, 1.82) is 0 Å². The Morgan fingerprint density at radius 3 is 2.82 bits per heavy atom. The lowest BCUT2D eigenvalue weighted by atomic mass is 9.90. The zero-order chi connectivity index (χ0) is 15.7. The third-order valence-electron chi connectivity index (χ3n) is 4.16. The van der Waals surface area contributed by atoms with E-state index in [9.17, 15) is 0 Å². The highest BCUT2D eigenvalue weighted by atomic mass is 32.2. The van der Waals surface area contributed by atoms with E-state index in [2.05, 4.69) is 20.8 Å². The Morgan fingerprint density at radius 1 is 1.32 bits per heavy atom. The molecule has 0 aromatic carbocycles. The summed E-state index contributed by atoms with van der Waals surface area (Å²) in [7, 11) is 0. The molecule has 3 heterocycles. The highest BCUT2D eigenvalue weighted by Gasteiger charge is 2.33. The molecule has 22 heavy (non-hydrogen) atoms. The third kappa shape index (κ3) is 3.03. The van der Waals surface area contributed by atoms with Gasteiger partial charge in [0.1, 0.15) is 9.86 Å². The lowest BCUT2D eigenvalue weighted by Gasteiger charge is -2.33. The van der Waals surface area contributed by atoms with Crippen LogP contribution in [0.4, 0.5) is 0 Å². The summed E-state index contributed by atoms with van der Waals surface area (Å²) in [6, 6.07) is 0. The van der Waals surface area contributed by atoms with E-state index in [0.29, 0.717) is 6.61 Å². The largest absolute Gasteiger partial charge is 0.369 e. The van der Waals surface area contributed by atoms with Crippen LogP contribution in [0.2, 0.25) is 0 Å². The first-order chi connectivity index (χ1) is 10.6. The molecule has 0 saturated carbocycles. The topological polar surface area (TPSA) is 35.0 Å². The number of thioether (sulfide) groups is 2. The SMILES string of the molecule is CCCSc1nc(SC)nc2sc3c(c12)CC(C)(CC)OC3. The number of hydrogen-bond acceptors (Lipinski definition) is 6. The minimum Gasteiger partial charge on any atom is -0.369 e. The molecule has 0 saturated heterocycles. The minimum absolute atomic E-state index is 0.0497. The first-order valence-corrected chi connectivity index (χ1v) is 10.8. The molecule has 0 spiro atoms. The Balaban J connectivity index is 2.13. The highest BCUT2D eigenvalue weighted by molar-refractivity contribution is 7.99. The Morgan fingerprint density at radius 2 is 2.14 bits per heavy atom. The molecule has 2 aromatic heterocycles. The quantitative estimate of drug-likeness (QED) is 0.421. The summed E-state index contributed by atoms with van der Waals surface area (Å²) in [6.07, 6.45) is 5.21. The molecule has 0 radical (unpaired) electrons. The fourth-order valence-electron chi connectivity index (χ4n) is 2.64. The molecule has 1 unspecified atom stereocenters. The maximum atomic E-state index is 6.10. The van der Waals surface area contributed by atoms with Crippen molar-refractivity contribution >= 4 is 45.1 Å². The molecular weight excluding hydrogens is 332 g/mol. The summed E-state index contributed by atoms with van der Waals surface area (Å²) in [4.78, 5) is 12.0. The Bertz CT molecular complexity index is 686. The molecule has 0 amide bonds. The van der Waals surface area contributed by atoms with Gasteiger partial charge in [0.05, 0.1) is 12.2 Å². The van der Waals surface area contributed by atoms with Crippen LogP contribution in [-0.4, -0.2) is 27.6 Å². The smallest absolute Gasteiger partial charge is 0.189 e. The summed E-state index contributed by atoms with van der Waals surface area (Å²) < 4.78 is 6.10. The summed E-state index contributed by atoms with van der Waals surface area (Å²) in [5.74, 6) is 1.10. The fourth-order valence-corrected chi connectivity index (χ4v) is 5.20. The second-order valence-electron chi connectivity index (χ2n) is 5.82. The number of rotatable bonds is 5. The van der Waals surface area contributed by atoms with Gasteiger partial charge >= 0.3 is 0 Å². The van der Waals surface area contributed by atoms with Crippen molar-refractivity contribution in [2.75, 3.05) is 12.0 Å². The molecule has 0 N–H and O–H groups in total. The average molecular weight is 355 g/mol. The molecule has 1 aliphatic rings. The van der Waals surface area contributed by atoms with Crippen LogP contribution < -0.4 is 0 Å². The van der Waals surface area contributed by atoms with Crippen LogP contribution in [0.3, 0.4) is 0 Å². The molecule has 6 heteroatoms. The van der Waals surface area contributed by atoms with E-state index in [0.717, 1.165) is 40.0 Å². The van der Waals surface area contributed by atoms with Gasteiger partial charge in [0.2, 0.25) is 0 Å². The molecule has 0 fully saturated rings. The van der Waals surface area contributed by atoms with E-state index in [-0.39, 0.29) is 5.60 Å². The highest BCUT2D eigenvalue weighted by Crippen LogP contribution is 2.43. The summed E-state index contributed by atoms with van der Waals surface area (Å²) in [5, 5.41) is 3.33. The maximum Gasteiger partial charge on any atom is 0.189 e. The van der Waals surface area contributed by atoms with Gasteiger partial charge in [0.25, 0.3) is 0 Å². The molecule has 0 bridgehead atoms. The van der Waals surface area contributed by atoms with Gasteiger partial charge in [-0.2, -0.15) is 0 Å². The van der Waals surface area contributed by atoms with Gasteiger partial charge in [-0.1, -0.05) is 25.6 Å². The van der Waals surface area contributed by atoms with Crippen LogP contribution in [-0.2, 0) is 17.8 Å². The number of thiophene rings is 1. The summed E-state index contributed by atoms with van der Waals surface area (Å²) >= 11 is 5.27. The van der Waals surface area contributed by atoms with Crippen LogP contribution in [0.15, 0.2) is 10.2 Å². The average Bonchev–Trinajstić information content (AvgIpc) is 2.89. The Hall–Kier alpha value is -0.300. The van der Waals surface area contributed by atoms with Gasteiger partial charge < -0.3 is 4.74 Å². The first kappa shape index (κ1) is 16.6. The van der Waals surface area contributed by atoms with Crippen LogP contribution in [0.25, 0.3) is 10.2 Å². The van der Waals surface area contributed by atoms with Crippen LogP contribution >= 0.6 is 34.9 Å². The second kappa shape index (κ2) is 6.67. The predicted octanol–water partition coefficient (Wildman–Crippen LogP) is 5.16. The van der Waals surface area contributed by atoms with Gasteiger partial charge in [-0.25, -0.2) is 9.97 Å². The predicted molar refractivity (Wildman–Crippen MR) is 97.4 cm³/mol. The minimum atomic E-state index is -0.0497.